The number of rotatable bonds is 10. The number of hydrogen-bond donors (Lipinski definition) is 2. The van der Waals surface area contributed by atoms with Gasteiger partial charge < -0.3 is 20.1 Å². The summed E-state index contributed by atoms with van der Waals surface area (Å²) in [5.41, 5.74) is 2.32. The lowest BCUT2D eigenvalue weighted by Crippen LogP contribution is -2.33. The van der Waals surface area contributed by atoms with Crippen molar-refractivity contribution in [2.75, 3.05) is 24.9 Å². The van der Waals surface area contributed by atoms with Crippen molar-refractivity contribution in [1.82, 2.24) is 9.97 Å². The number of anilines is 3. The molecule has 3 aromatic rings. The summed E-state index contributed by atoms with van der Waals surface area (Å²) in [6, 6.07) is 15.0. The van der Waals surface area contributed by atoms with Gasteiger partial charge in [0.1, 0.15) is 23.4 Å². The zero-order valence-corrected chi connectivity index (χ0v) is 19.3. The first kappa shape index (κ1) is 24.0. The Hall–Kier alpha value is -3.68. The first-order valence-corrected chi connectivity index (χ1v) is 10.7. The molecule has 7 nitrogen and oxygen atoms in total. The zero-order valence-electron chi connectivity index (χ0n) is 19.3. The van der Waals surface area contributed by atoms with Gasteiger partial charge in [0, 0.05) is 18.2 Å². The molecule has 0 aliphatic carbocycles. The summed E-state index contributed by atoms with van der Waals surface area (Å²) in [6.45, 7) is 4.05. The Bertz CT molecular complexity index is 1070. The van der Waals surface area contributed by atoms with E-state index in [0.717, 1.165) is 17.0 Å². The molecule has 0 saturated heterocycles. The van der Waals surface area contributed by atoms with Crippen molar-refractivity contribution in [3.63, 3.8) is 0 Å². The van der Waals surface area contributed by atoms with Crippen molar-refractivity contribution in [3.8, 4) is 5.75 Å². The van der Waals surface area contributed by atoms with Gasteiger partial charge >= 0.3 is 5.97 Å². The van der Waals surface area contributed by atoms with Crippen LogP contribution in [-0.2, 0) is 16.0 Å². The Morgan fingerprint density at radius 1 is 1.06 bits per heavy atom. The summed E-state index contributed by atoms with van der Waals surface area (Å²) in [4.78, 5) is 21.4. The number of aromatic nitrogens is 2. The minimum Gasteiger partial charge on any atom is -0.497 e. The first-order chi connectivity index (χ1) is 15.9. The second-order valence-corrected chi connectivity index (χ2v) is 8.08. The molecule has 2 N–H and O–H groups in total. The molecule has 0 fully saturated rings. The minimum absolute atomic E-state index is 0.258. The number of ether oxygens (including phenoxy) is 2. The van der Waals surface area contributed by atoms with Crippen LogP contribution in [-0.4, -0.2) is 36.2 Å². The largest absolute Gasteiger partial charge is 0.497 e. The fraction of sp³-hybridized carbons (Fsp3) is 0.320. The molecule has 1 aromatic heterocycles. The van der Waals surface area contributed by atoms with Crippen molar-refractivity contribution >= 4 is 23.4 Å². The number of nitrogens with zero attached hydrogens (tertiary/aromatic N) is 2. The summed E-state index contributed by atoms with van der Waals surface area (Å²) in [6.07, 6.45) is 1.09. The molecule has 174 valence electrons. The third-order valence-electron chi connectivity index (χ3n) is 4.92. The standard InChI is InChI=1S/C25H29FN4O3/c1-16(2)12-22(24(31)33-4)29-25-28-20(13-17-8-10-21(32-3)11-9-17)15-23(30-25)27-19-7-5-6-18(26)14-19/h5-11,14-16,22H,12-13H2,1-4H3,(H2,27,28,29,30)/t22-/m0/s1. The molecule has 1 atom stereocenters. The second kappa shape index (κ2) is 11.3. The average molecular weight is 453 g/mol. The maximum Gasteiger partial charge on any atom is 0.328 e. The van der Waals surface area contributed by atoms with E-state index >= 15 is 0 Å². The molecule has 8 heteroatoms. The van der Waals surface area contributed by atoms with Gasteiger partial charge in [-0.2, -0.15) is 4.98 Å². The van der Waals surface area contributed by atoms with Gasteiger partial charge in [-0.05, 0) is 48.2 Å². The van der Waals surface area contributed by atoms with E-state index in [1.54, 1.807) is 25.3 Å². The van der Waals surface area contributed by atoms with E-state index in [4.69, 9.17) is 9.47 Å². The molecule has 33 heavy (non-hydrogen) atoms. The molecule has 0 spiro atoms. The van der Waals surface area contributed by atoms with Crippen molar-refractivity contribution < 1.29 is 18.7 Å². The van der Waals surface area contributed by atoms with Crippen LogP contribution < -0.4 is 15.4 Å². The van der Waals surface area contributed by atoms with Crippen molar-refractivity contribution in [2.24, 2.45) is 5.92 Å². The van der Waals surface area contributed by atoms with E-state index in [1.165, 1.54) is 19.2 Å². The highest BCUT2D eigenvalue weighted by Gasteiger charge is 2.22. The van der Waals surface area contributed by atoms with Crippen LogP contribution in [0.4, 0.5) is 21.8 Å². The number of esters is 1. The second-order valence-electron chi connectivity index (χ2n) is 8.08. The highest BCUT2D eigenvalue weighted by molar-refractivity contribution is 5.78. The Kier molecular flexibility index (Phi) is 8.18. The Morgan fingerprint density at radius 2 is 1.82 bits per heavy atom. The number of carbonyl (C=O) groups is 1. The van der Waals surface area contributed by atoms with Gasteiger partial charge in [0.25, 0.3) is 0 Å². The van der Waals surface area contributed by atoms with Gasteiger partial charge in [0.05, 0.1) is 19.9 Å². The van der Waals surface area contributed by atoms with Crippen molar-refractivity contribution in [1.29, 1.82) is 0 Å². The number of methoxy groups -OCH3 is 2. The highest BCUT2D eigenvalue weighted by atomic mass is 19.1. The monoisotopic (exact) mass is 452 g/mol. The molecule has 0 unspecified atom stereocenters. The highest BCUT2D eigenvalue weighted by Crippen LogP contribution is 2.21. The zero-order chi connectivity index (χ0) is 23.8. The van der Waals surface area contributed by atoms with E-state index in [2.05, 4.69) is 20.6 Å². The van der Waals surface area contributed by atoms with Crippen LogP contribution in [0.3, 0.4) is 0 Å². The first-order valence-electron chi connectivity index (χ1n) is 10.7. The SMILES string of the molecule is COC(=O)[C@H](CC(C)C)Nc1nc(Cc2ccc(OC)cc2)cc(Nc2cccc(F)c2)n1. The topological polar surface area (TPSA) is 85.4 Å². The fourth-order valence-corrected chi connectivity index (χ4v) is 3.37. The smallest absolute Gasteiger partial charge is 0.328 e. The van der Waals surface area contributed by atoms with Crippen LogP contribution >= 0.6 is 0 Å². The molecular formula is C25H29FN4O3. The third kappa shape index (κ3) is 7.17. The third-order valence-corrected chi connectivity index (χ3v) is 4.92. The average Bonchev–Trinajstić information content (AvgIpc) is 2.78. The predicted molar refractivity (Wildman–Crippen MR) is 126 cm³/mol. The molecule has 0 aliphatic heterocycles. The molecule has 0 radical (unpaired) electrons. The maximum atomic E-state index is 13.7. The van der Waals surface area contributed by atoms with E-state index in [1.807, 2.05) is 38.1 Å². The lowest BCUT2D eigenvalue weighted by molar-refractivity contribution is -0.141. The van der Waals surface area contributed by atoms with E-state index in [-0.39, 0.29) is 23.7 Å². The van der Waals surface area contributed by atoms with Crippen LogP contribution in [0.25, 0.3) is 0 Å². The van der Waals surface area contributed by atoms with E-state index < -0.39 is 6.04 Å². The lowest BCUT2D eigenvalue weighted by Gasteiger charge is -2.19. The lowest BCUT2D eigenvalue weighted by atomic mass is 10.0. The van der Waals surface area contributed by atoms with Gasteiger partial charge in [-0.1, -0.05) is 32.0 Å². The molecule has 3 rings (SSSR count). The number of hydrogen-bond acceptors (Lipinski definition) is 7. The molecule has 0 bridgehead atoms. The van der Waals surface area contributed by atoms with Crippen LogP contribution in [0.2, 0.25) is 0 Å². The summed E-state index contributed by atoms with van der Waals surface area (Å²) >= 11 is 0. The number of nitrogens with one attached hydrogen (secondary N) is 2. The van der Waals surface area contributed by atoms with Gasteiger partial charge in [0.2, 0.25) is 5.95 Å². The molecule has 2 aromatic carbocycles. The summed E-state index contributed by atoms with van der Waals surface area (Å²) in [5.74, 6) is 1.06. The number of benzene rings is 2. The molecule has 0 aliphatic rings. The van der Waals surface area contributed by atoms with Gasteiger partial charge in [-0.3, -0.25) is 0 Å². The minimum atomic E-state index is -0.590. The Balaban J connectivity index is 1.92. The van der Waals surface area contributed by atoms with E-state index in [9.17, 15) is 9.18 Å². The summed E-state index contributed by atoms with van der Waals surface area (Å²) in [5, 5.41) is 6.23. The molecular weight excluding hydrogens is 423 g/mol. The van der Waals surface area contributed by atoms with E-state index in [0.29, 0.717) is 24.3 Å². The summed E-state index contributed by atoms with van der Waals surface area (Å²) < 4.78 is 23.8. The fourth-order valence-electron chi connectivity index (χ4n) is 3.37. The Morgan fingerprint density at radius 3 is 2.45 bits per heavy atom. The normalized spacial score (nSPS) is 11.7. The summed E-state index contributed by atoms with van der Waals surface area (Å²) in [7, 11) is 2.98. The van der Waals surface area contributed by atoms with Gasteiger partial charge in [-0.15, -0.1) is 0 Å². The van der Waals surface area contributed by atoms with Crippen LogP contribution in [0.5, 0.6) is 5.75 Å². The number of halogens is 1. The molecule has 0 amide bonds. The Labute approximate surface area is 193 Å². The van der Waals surface area contributed by atoms with Crippen LogP contribution in [0, 0.1) is 11.7 Å². The van der Waals surface area contributed by atoms with Gasteiger partial charge in [-0.25, -0.2) is 14.2 Å². The van der Waals surface area contributed by atoms with Gasteiger partial charge in [0.15, 0.2) is 0 Å². The van der Waals surface area contributed by atoms with Crippen molar-refractivity contribution in [2.45, 2.75) is 32.7 Å². The number of carbonyl (C=O) groups excluding carboxylic acids is 1. The predicted octanol–water partition coefficient (Wildman–Crippen LogP) is 4.96. The quantitative estimate of drug-likeness (QED) is 0.421. The molecule has 1 heterocycles. The molecule has 0 saturated carbocycles. The maximum absolute atomic E-state index is 13.7. The van der Waals surface area contributed by atoms with Crippen LogP contribution in [0.1, 0.15) is 31.5 Å². The van der Waals surface area contributed by atoms with Crippen molar-refractivity contribution in [3.05, 3.63) is 71.7 Å². The van der Waals surface area contributed by atoms with Crippen LogP contribution in [0.15, 0.2) is 54.6 Å².